The second-order valence-electron chi connectivity index (χ2n) is 7.30. The minimum atomic E-state index is -0.351. The van der Waals surface area contributed by atoms with Gasteiger partial charge in [-0.15, -0.1) is 0 Å². The Kier molecular flexibility index (Phi) is 7.43. The van der Waals surface area contributed by atoms with Gasteiger partial charge in [-0.05, 0) is 24.3 Å². The Bertz CT molecular complexity index is 1290. The summed E-state index contributed by atoms with van der Waals surface area (Å²) in [6.45, 7) is 0.717. The zero-order valence-corrected chi connectivity index (χ0v) is 19.5. The van der Waals surface area contributed by atoms with Gasteiger partial charge in [0.05, 0.1) is 25.0 Å². The van der Waals surface area contributed by atoms with E-state index < -0.39 is 0 Å². The molecule has 0 spiro atoms. The Morgan fingerprint density at radius 1 is 1.06 bits per heavy atom. The first-order chi connectivity index (χ1) is 17.1. The van der Waals surface area contributed by atoms with Crippen molar-refractivity contribution in [1.82, 2.24) is 35.0 Å². The third-order valence-corrected chi connectivity index (χ3v) is 4.84. The van der Waals surface area contributed by atoms with Crippen LogP contribution < -0.4 is 20.7 Å². The number of carbonyl (C=O) groups excluding carboxylic acids is 1. The molecule has 12 nitrogen and oxygen atoms in total. The summed E-state index contributed by atoms with van der Waals surface area (Å²) in [4.78, 5) is 30.2. The first kappa shape index (κ1) is 23.6. The average Bonchev–Trinajstić information content (AvgIpc) is 3.31. The first-order valence-electron chi connectivity index (χ1n) is 10.7. The van der Waals surface area contributed by atoms with Gasteiger partial charge in [0.15, 0.2) is 11.6 Å². The highest BCUT2D eigenvalue weighted by Crippen LogP contribution is 2.36. The lowest BCUT2D eigenvalue weighted by Gasteiger charge is -2.16. The molecule has 0 saturated heterocycles. The normalized spacial score (nSPS) is 10.6. The zero-order chi connectivity index (χ0) is 24.6. The Morgan fingerprint density at radius 3 is 2.66 bits per heavy atom. The van der Waals surface area contributed by atoms with Gasteiger partial charge in [0.2, 0.25) is 5.95 Å². The van der Waals surface area contributed by atoms with Crippen LogP contribution >= 0.6 is 0 Å². The highest BCUT2D eigenvalue weighted by atomic mass is 16.5. The number of nitrogens with zero attached hydrogens (tertiary/aromatic N) is 6. The number of carbonyl (C=O) groups is 1. The molecule has 0 bridgehead atoms. The summed E-state index contributed by atoms with van der Waals surface area (Å²) >= 11 is 0. The molecular weight excluding hydrogens is 450 g/mol. The van der Waals surface area contributed by atoms with Gasteiger partial charge in [0.1, 0.15) is 23.5 Å². The topological polar surface area (TPSA) is 141 Å². The molecule has 0 unspecified atom stereocenters. The third kappa shape index (κ3) is 5.68. The number of ether oxygens (including phenoxy) is 2. The van der Waals surface area contributed by atoms with Crippen LogP contribution in [0.5, 0.6) is 5.75 Å². The van der Waals surface area contributed by atoms with E-state index in [1.54, 1.807) is 44.5 Å². The highest BCUT2D eigenvalue weighted by Gasteiger charge is 2.19. The molecule has 1 amide bonds. The van der Waals surface area contributed by atoms with Crippen LogP contribution in [0.25, 0.3) is 11.4 Å². The van der Waals surface area contributed by atoms with Crippen molar-refractivity contribution in [3.8, 4) is 17.1 Å². The van der Waals surface area contributed by atoms with Gasteiger partial charge in [0.25, 0.3) is 5.91 Å². The zero-order valence-electron chi connectivity index (χ0n) is 19.5. The van der Waals surface area contributed by atoms with E-state index in [0.717, 1.165) is 0 Å². The summed E-state index contributed by atoms with van der Waals surface area (Å²) in [6.07, 6.45) is 4.71. The van der Waals surface area contributed by atoms with E-state index in [2.05, 4.69) is 41.0 Å². The van der Waals surface area contributed by atoms with Crippen LogP contribution in [0.3, 0.4) is 0 Å². The van der Waals surface area contributed by atoms with Crippen molar-refractivity contribution in [3.63, 3.8) is 0 Å². The van der Waals surface area contributed by atoms with E-state index in [4.69, 9.17) is 9.47 Å². The first-order valence-corrected chi connectivity index (χ1v) is 10.7. The van der Waals surface area contributed by atoms with E-state index in [1.807, 2.05) is 30.3 Å². The predicted molar refractivity (Wildman–Crippen MR) is 130 cm³/mol. The molecule has 0 aliphatic rings. The van der Waals surface area contributed by atoms with Gasteiger partial charge in [-0.25, -0.2) is 15.0 Å². The van der Waals surface area contributed by atoms with Crippen molar-refractivity contribution in [2.24, 2.45) is 7.05 Å². The number of pyridine rings is 1. The second kappa shape index (κ2) is 11.0. The number of benzene rings is 1. The molecule has 3 N–H and O–H groups in total. The van der Waals surface area contributed by atoms with Crippen molar-refractivity contribution in [1.29, 1.82) is 0 Å². The van der Waals surface area contributed by atoms with E-state index in [1.165, 1.54) is 6.20 Å². The Balaban J connectivity index is 1.71. The van der Waals surface area contributed by atoms with Crippen LogP contribution in [0.15, 0.2) is 55.1 Å². The van der Waals surface area contributed by atoms with Gasteiger partial charge in [-0.1, -0.05) is 12.1 Å². The number of nitrogens with one attached hydrogen (secondary N) is 3. The molecule has 0 fully saturated rings. The number of para-hydroxylation sites is 1. The van der Waals surface area contributed by atoms with Gasteiger partial charge >= 0.3 is 0 Å². The second-order valence-corrected chi connectivity index (χ2v) is 7.30. The van der Waals surface area contributed by atoms with Crippen LogP contribution in [0.1, 0.15) is 10.4 Å². The standard InChI is InChI=1S/C23H25N9O3/c1-32-14-27-20(31-32)15-7-6-8-17(19(15)35-3)28-21-16(22(33)25-11-12-34-2)13-26-23(30-21)29-18-9-4-5-10-24-18/h4-10,13-14H,11-12H2,1-3H3,(H,25,33)(H2,24,26,28,29,30). The largest absolute Gasteiger partial charge is 0.494 e. The summed E-state index contributed by atoms with van der Waals surface area (Å²) in [5, 5.41) is 13.4. The van der Waals surface area contributed by atoms with Crippen LogP contribution in [0.4, 0.5) is 23.3 Å². The molecule has 35 heavy (non-hydrogen) atoms. The van der Waals surface area contributed by atoms with Crippen LogP contribution in [-0.2, 0) is 11.8 Å². The quantitative estimate of drug-likeness (QED) is 0.293. The number of methoxy groups -OCH3 is 2. The smallest absolute Gasteiger partial charge is 0.256 e. The molecule has 4 aromatic rings. The molecular formula is C23H25N9O3. The summed E-state index contributed by atoms with van der Waals surface area (Å²) < 4.78 is 12.3. The molecule has 0 radical (unpaired) electrons. The third-order valence-electron chi connectivity index (χ3n) is 4.84. The van der Waals surface area contributed by atoms with E-state index in [9.17, 15) is 4.79 Å². The molecule has 0 aliphatic carbocycles. The maximum absolute atomic E-state index is 12.9. The molecule has 0 saturated carbocycles. The van der Waals surface area contributed by atoms with E-state index in [0.29, 0.717) is 41.8 Å². The van der Waals surface area contributed by atoms with Crippen molar-refractivity contribution in [2.45, 2.75) is 0 Å². The summed E-state index contributed by atoms with van der Waals surface area (Å²) in [5.41, 5.74) is 1.51. The lowest BCUT2D eigenvalue weighted by atomic mass is 10.1. The van der Waals surface area contributed by atoms with Crippen LogP contribution in [0, 0.1) is 0 Å². The lowest BCUT2D eigenvalue weighted by molar-refractivity contribution is 0.0937. The summed E-state index contributed by atoms with van der Waals surface area (Å²) in [6, 6.07) is 10.9. The van der Waals surface area contributed by atoms with E-state index in [-0.39, 0.29) is 23.2 Å². The molecule has 180 valence electrons. The molecule has 1 aromatic carbocycles. The van der Waals surface area contributed by atoms with Gasteiger partial charge < -0.3 is 25.4 Å². The number of hydrogen-bond acceptors (Lipinski definition) is 10. The van der Waals surface area contributed by atoms with Crippen molar-refractivity contribution in [2.75, 3.05) is 38.0 Å². The number of aryl methyl sites for hydroxylation is 1. The van der Waals surface area contributed by atoms with Gasteiger partial charge in [-0.2, -0.15) is 10.1 Å². The Morgan fingerprint density at radius 2 is 1.94 bits per heavy atom. The molecule has 0 aliphatic heterocycles. The van der Waals surface area contributed by atoms with E-state index >= 15 is 0 Å². The highest BCUT2D eigenvalue weighted by molar-refractivity contribution is 5.99. The fraction of sp³-hybridized carbons (Fsp3) is 0.217. The Hall–Kier alpha value is -4.58. The lowest BCUT2D eigenvalue weighted by Crippen LogP contribution is -2.28. The molecule has 3 heterocycles. The summed E-state index contributed by atoms with van der Waals surface area (Å²) in [7, 11) is 4.91. The number of rotatable bonds is 10. The number of amides is 1. The van der Waals surface area contributed by atoms with Crippen molar-refractivity contribution in [3.05, 3.63) is 60.7 Å². The van der Waals surface area contributed by atoms with Gasteiger partial charge in [0, 0.05) is 33.1 Å². The fourth-order valence-electron chi connectivity index (χ4n) is 3.24. The van der Waals surface area contributed by atoms with Crippen LogP contribution in [-0.4, -0.2) is 63.0 Å². The summed E-state index contributed by atoms with van der Waals surface area (Å²) in [5.74, 6) is 1.76. The predicted octanol–water partition coefficient (Wildman–Crippen LogP) is 2.54. The molecule has 3 aromatic heterocycles. The molecule has 12 heteroatoms. The SMILES string of the molecule is COCCNC(=O)c1cnc(Nc2ccccn2)nc1Nc1cccc(-c2ncn(C)n2)c1OC. The fourth-order valence-corrected chi connectivity index (χ4v) is 3.24. The maximum atomic E-state index is 12.9. The minimum absolute atomic E-state index is 0.246. The molecule has 0 atom stereocenters. The average molecular weight is 476 g/mol. The van der Waals surface area contributed by atoms with Crippen LogP contribution in [0.2, 0.25) is 0 Å². The van der Waals surface area contributed by atoms with Crippen molar-refractivity contribution < 1.29 is 14.3 Å². The minimum Gasteiger partial charge on any atom is -0.494 e. The molecule has 4 rings (SSSR count). The van der Waals surface area contributed by atoms with Gasteiger partial charge in [-0.3, -0.25) is 9.48 Å². The Labute approximate surface area is 201 Å². The number of anilines is 4. The monoisotopic (exact) mass is 475 g/mol. The number of aromatic nitrogens is 6. The number of hydrogen-bond donors (Lipinski definition) is 3. The maximum Gasteiger partial charge on any atom is 0.256 e. The van der Waals surface area contributed by atoms with Crippen molar-refractivity contribution >= 4 is 29.2 Å².